The summed E-state index contributed by atoms with van der Waals surface area (Å²) in [5, 5.41) is 9.18. The van der Waals surface area contributed by atoms with E-state index in [0.29, 0.717) is 12.5 Å². The first-order valence-electron chi connectivity index (χ1n) is 5.83. The van der Waals surface area contributed by atoms with Crippen LogP contribution in [0.4, 0.5) is 0 Å². The average molecular weight is 235 g/mol. The zero-order valence-electron chi connectivity index (χ0n) is 9.63. The smallest absolute Gasteiger partial charge is 0.312 e. The zero-order valence-corrected chi connectivity index (χ0v) is 9.63. The first-order chi connectivity index (χ1) is 8.24. The van der Waals surface area contributed by atoms with Crippen LogP contribution in [-0.4, -0.2) is 30.8 Å². The van der Waals surface area contributed by atoms with E-state index in [9.17, 15) is 9.90 Å². The number of ether oxygens (including phenoxy) is 1. The number of rotatable bonds is 4. The van der Waals surface area contributed by atoms with Gasteiger partial charge in [0.1, 0.15) is 0 Å². The summed E-state index contributed by atoms with van der Waals surface area (Å²) in [6.45, 7) is 1.55. The summed E-state index contributed by atoms with van der Waals surface area (Å²) < 4.78 is 5.36. The van der Waals surface area contributed by atoms with Crippen LogP contribution in [0.5, 0.6) is 0 Å². The highest BCUT2D eigenvalue weighted by Gasteiger charge is 2.26. The summed E-state index contributed by atoms with van der Waals surface area (Å²) in [6, 6.07) is 7.65. The Labute approximate surface area is 100 Å². The molecule has 1 fully saturated rings. The monoisotopic (exact) mass is 235 g/mol. The van der Waals surface area contributed by atoms with Gasteiger partial charge in [-0.15, -0.1) is 0 Å². The van der Waals surface area contributed by atoms with Gasteiger partial charge >= 0.3 is 5.97 Å². The van der Waals surface area contributed by atoms with Crippen LogP contribution in [0.3, 0.4) is 0 Å². The Morgan fingerprint density at radius 3 is 2.88 bits per heavy atom. The van der Waals surface area contributed by atoms with E-state index in [1.807, 2.05) is 24.3 Å². The van der Waals surface area contributed by atoms with Crippen LogP contribution in [0.1, 0.15) is 29.4 Å². The molecule has 0 radical (unpaired) electrons. The molecule has 0 spiro atoms. The van der Waals surface area contributed by atoms with Gasteiger partial charge in [0.25, 0.3) is 0 Å². The minimum absolute atomic E-state index is 0.125. The number of carbonyl (C=O) groups is 1. The molecule has 0 bridgehead atoms. The van der Waals surface area contributed by atoms with Crippen molar-refractivity contribution in [1.29, 1.82) is 0 Å². The predicted molar refractivity (Wildman–Crippen MR) is 64.1 cm³/mol. The third-order valence-corrected chi connectivity index (χ3v) is 3.27. The molecule has 1 aromatic carbocycles. The van der Waals surface area contributed by atoms with Crippen LogP contribution in [0, 0.1) is 0 Å². The van der Waals surface area contributed by atoms with Crippen LogP contribution in [0.15, 0.2) is 24.3 Å². The number of aliphatic carboxylic acids is 1. The van der Waals surface area contributed by atoms with Crippen molar-refractivity contribution in [3.8, 4) is 0 Å². The maximum absolute atomic E-state index is 11.2. The lowest BCUT2D eigenvalue weighted by molar-refractivity contribution is -0.138. The average Bonchev–Trinajstić information content (AvgIpc) is 2.83. The Kier molecular flexibility index (Phi) is 3.76. The van der Waals surface area contributed by atoms with E-state index in [4.69, 9.17) is 10.5 Å². The Hall–Kier alpha value is -1.39. The number of carboxylic acids is 1. The zero-order chi connectivity index (χ0) is 12.3. The summed E-state index contributed by atoms with van der Waals surface area (Å²) in [5.41, 5.74) is 7.46. The molecule has 4 heteroatoms. The van der Waals surface area contributed by atoms with Crippen molar-refractivity contribution in [2.75, 3.05) is 19.8 Å². The topological polar surface area (TPSA) is 72.6 Å². The van der Waals surface area contributed by atoms with Gasteiger partial charge in [0.2, 0.25) is 0 Å². The van der Waals surface area contributed by atoms with Crippen LogP contribution in [0.2, 0.25) is 0 Å². The van der Waals surface area contributed by atoms with E-state index >= 15 is 0 Å². The molecule has 2 atom stereocenters. The van der Waals surface area contributed by atoms with Gasteiger partial charge in [-0.1, -0.05) is 24.3 Å². The number of hydrogen-bond donors (Lipinski definition) is 2. The molecule has 1 saturated heterocycles. The molecule has 1 aliphatic heterocycles. The molecule has 0 aliphatic carbocycles. The van der Waals surface area contributed by atoms with Crippen molar-refractivity contribution >= 4 is 5.97 Å². The Morgan fingerprint density at radius 1 is 1.53 bits per heavy atom. The molecule has 1 aromatic rings. The Balaban J connectivity index is 2.35. The van der Waals surface area contributed by atoms with E-state index in [1.54, 1.807) is 0 Å². The van der Waals surface area contributed by atoms with Crippen LogP contribution in [-0.2, 0) is 9.53 Å². The quantitative estimate of drug-likeness (QED) is 0.825. The molecule has 17 heavy (non-hydrogen) atoms. The third kappa shape index (κ3) is 2.48. The van der Waals surface area contributed by atoms with Crippen LogP contribution in [0.25, 0.3) is 0 Å². The second-order valence-electron chi connectivity index (χ2n) is 4.32. The minimum atomic E-state index is -0.862. The number of hydrogen-bond acceptors (Lipinski definition) is 3. The lowest BCUT2D eigenvalue weighted by Gasteiger charge is -2.18. The Morgan fingerprint density at radius 2 is 2.29 bits per heavy atom. The maximum Gasteiger partial charge on any atom is 0.312 e. The fourth-order valence-electron chi connectivity index (χ4n) is 2.34. The van der Waals surface area contributed by atoms with E-state index in [-0.39, 0.29) is 6.54 Å². The maximum atomic E-state index is 11.2. The van der Waals surface area contributed by atoms with Gasteiger partial charge in [-0.2, -0.15) is 0 Å². The molecule has 2 rings (SSSR count). The molecule has 2 unspecified atom stereocenters. The number of nitrogens with two attached hydrogens (primary N) is 1. The van der Waals surface area contributed by atoms with E-state index in [1.165, 1.54) is 0 Å². The summed E-state index contributed by atoms with van der Waals surface area (Å²) in [4.78, 5) is 11.2. The van der Waals surface area contributed by atoms with Gasteiger partial charge in [-0.25, -0.2) is 0 Å². The molecule has 92 valence electrons. The second kappa shape index (κ2) is 5.29. The van der Waals surface area contributed by atoms with Crippen molar-refractivity contribution in [2.24, 2.45) is 5.73 Å². The number of carboxylic acid groups (broad SMARTS) is 1. The van der Waals surface area contributed by atoms with Gasteiger partial charge in [-0.05, 0) is 17.5 Å². The standard InChI is InChI=1S/C13H17NO3/c14-7-12(13(15)16)11-4-2-1-3-10(11)9-5-6-17-8-9/h1-4,9,12H,5-8,14H2,(H,15,16). The van der Waals surface area contributed by atoms with Crippen LogP contribution >= 0.6 is 0 Å². The second-order valence-corrected chi connectivity index (χ2v) is 4.32. The van der Waals surface area contributed by atoms with Gasteiger partial charge in [0, 0.05) is 19.1 Å². The van der Waals surface area contributed by atoms with Crippen molar-refractivity contribution < 1.29 is 14.6 Å². The first-order valence-corrected chi connectivity index (χ1v) is 5.83. The molecular weight excluding hydrogens is 218 g/mol. The van der Waals surface area contributed by atoms with Crippen molar-refractivity contribution in [3.05, 3.63) is 35.4 Å². The summed E-state index contributed by atoms with van der Waals surface area (Å²) >= 11 is 0. The SMILES string of the molecule is NCC(C(=O)O)c1ccccc1C1CCOC1. The Bertz CT molecular complexity index is 399. The highest BCUT2D eigenvalue weighted by molar-refractivity contribution is 5.77. The molecule has 0 saturated carbocycles. The summed E-state index contributed by atoms with van der Waals surface area (Å²) in [7, 11) is 0. The van der Waals surface area contributed by atoms with E-state index < -0.39 is 11.9 Å². The molecule has 0 amide bonds. The number of benzene rings is 1. The van der Waals surface area contributed by atoms with Gasteiger partial charge in [-0.3, -0.25) is 4.79 Å². The highest BCUT2D eigenvalue weighted by atomic mass is 16.5. The largest absolute Gasteiger partial charge is 0.481 e. The molecule has 3 N–H and O–H groups in total. The molecular formula is C13H17NO3. The molecule has 4 nitrogen and oxygen atoms in total. The predicted octanol–water partition coefficient (Wildman–Crippen LogP) is 1.32. The van der Waals surface area contributed by atoms with Crippen molar-refractivity contribution in [1.82, 2.24) is 0 Å². The summed E-state index contributed by atoms with van der Waals surface area (Å²) in [5.74, 6) is -1.18. The molecule has 0 aromatic heterocycles. The van der Waals surface area contributed by atoms with Gasteiger partial charge in [0.15, 0.2) is 0 Å². The third-order valence-electron chi connectivity index (χ3n) is 3.27. The fourth-order valence-corrected chi connectivity index (χ4v) is 2.34. The van der Waals surface area contributed by atoms with Gasteiger partial charge < -0.3 is 15.6 Å². The summed E-state index contributed by atoms with van der Waals surface area (Å²) in [6.07, 6.45) is 0.952. The lowest BCUT2D eigenvalue weighted by Crippen LogP contribution is -2.23. The van der Waals surface area contributed by atoms with Crippen molar-refractivity contribution in [2.45, 2.75) is 18.3 Å². The molecule has 1 heterocycles. The molecule has 1 aliphatic rings. The normalized spacial score (nSPS) is 21.4. The van der Waals surface area contributed by atoms with E-state index in [0.717, 1.165) is 24.2 Å². The van der Waals surface area contributed by atoms with Crippen LogP contribution < -0.4 is 5.73 Å². The minimum Gasteiger partial charge on any atom is -0.481 e. The van der Waals surface area contributed by atoms with Gasteiger partial charge in [0.05, 0.1) is 12.5 Å². The van der Waals surface area contributed by atoms with Crippen molar-refractivity contribution in [3.63, 3.8) is 0 Å². The van der Waals surface area contributed by atoms with E-state index in [2.05, 4.69) is 0 Å². The lowest BCUT2D eigenvalue weighted by atomic mass is 9.87. The fraction of sp³-hybridized carbons (Fsp3) is 0.462. The first kappa shape index (κ1) is 12.1. The highest BCUT2D eigenvalue weighted by Crippen LogP contribution is 2.31.